The van der Waals surface area contributed by atoms with E-state index in [-0.39, 0.29) is 5.91 Å². The lowest BCUT2D eigenvalue weighted by Crippen LogP contribution is -2.24. The van der Waals surface area contributed by atoms with Gasteiger partial charge in [0, 0.05) is 41.2 Å². The summed E-state index contributed by atoms with van der Waals surface area (Å²) in [6, 6.07) is 14.1. The number of anilines is 2. The van der Waals surface area contributed by atoms with Crippen molar-refractivity contribution in [2.24, 2.45) is 0 Å². The summed E-state index contributed by atoms with van der Waals surface area (Å²) in [6.07, 6.45) is 5.71. The maximum atomic E-state index is 12.6. The van der Waals surface area contributed by atoms with Gasteiger partial charge in [-0.25, -0.2) is 0 Å². The number of rotatable bonds is 3. The second-order valence-electron chi connectivity index (χ2n) is 6.61. The van der Waals surface area contributed by atoms with Gasteiger partial charge in [-0.15, -0.1) is 11.8 Å². The van der Waals surface area contributed by atoms with Crippen LogP contribution in [-0.2, 0) is 6.42 Å². The Balaban J connectivity index is 1.49. The Kier molecular flexibility index (Phi) is 4.53. The molecule has 0 saturated heterocycles. The van der Waals surface area contributed by atoms with Gasteiger partial charge in [-0.05, 0) is 54.7 Å². The van der Waals surface area contributed by atoms with Crippen molar-refractivity contribution in [3.8, 4) is 0 Å². The van der Waals surface area contributed by atoms with Crippen molar-refractivity contribution < 1.29 is 4.79 Å². The number of aryl methyl sites for hydroxylation is 1. The maximum Gasteiger partial charge on any atom is 0.255 e. The molecule has 25 heavy (non-hydrogen) atoms. The number of amides is 1. The highest BCUT2D eigenvalue weighted by molar-refractivity contribution is 8.08. The van der Waals surface area contributed by atoms with Crippen LogP contribution in [0.3, 0.4) is 0 Å². The van der Waals surface area contributed by atoms with Crippen LogP contribution in [0.4, 0.5) is 11.4 Å². The Labute approximate surface area is 153 Å². The Bertz CT molecular complexity index is 826. The summed E-state index contributed by atoms with van der Waals surface area (Å²) in [7, 11) is 2.11. The molecular formula is C21H22N2OS. The lowest BCUT2D eigenvalue weighted by atomic mass is 10.0. The summed E-state index contributed by atoms with van der Waals surface area (Å²) in [5.41, 5.74) is 5.34. The van der Waals surface area contributed by atoms with E-state index in [1.807, 2.05) is 42.1 Å². The first-order valence-corrected chi connectivity index (χ1v) is 9.78. The highest BCUT2D eigenvalue weighted by Gasteiger charge is 2.15. The van der Waals surface area contributed by atoms with Crippen LogP contribution in [0.1, 0.15) is 34.3 Å². The number of carbonyl (C=O) groups excluding carboxylic acids is 1. The smallest absolute Gasteiger partial charge is 0.255 e. The van der Waals surface area contributed by atoms with E-state index in [9.17, 15) is 4.79 Å². The zero-order valence-corrected chi connectivity index (χ0v) is 15.2. The molecule has 2 aliphatic rings. The van der Waals surface area contributed by atoms with Gasteiger partial charge >= 0.3 is 0 Å². The van der Waals surface area contributed by atoms with Gasteiger partial charge in [0.25, 0.3) is 5.91 Å². The summed E-state index contributed by atoms with van der Waals surface area (Å²) in [6.45, 7) is 1.07. The zero-order valence-electron chi connectivity index (χ0n) is 14.4. The van der Waals surface area contributed by atoms with Gasteiger partial charge in [-0.3, -0.25) is 4.79 Å². The maximum absolute atomic E-state index is 12.6. The van der Waals surface area contributed by atoms with E-state index in [0.29, 0.717) is 5.56 Å². The van der Waals surface area contributed by atoms with Crippen molar-refractivity contribution in [2.45, 2.75) is 19.3 Å². The number of allylic oxidation sites excluding steroid dienone is 1. The second-order valence-corrected chi connectivity index (χ2v) is 7.74. The third kappa shape index (κ3) is 3.45. The largest absolute Gasteiger partial charge is 0.374 e. The average Bonchev–Trinajstić information content (AvgIpc) is 3.17. The van der Waals surface area contributed by atoms with Crippen molar-refractivity contribution >= 4 is 33.9 Å². The standard InChI is InChI=1S/C21H22N2OS/c1-23-12-2-4-15-10-11-18(14-19(15)23)22-21(24)17-8-6-16(7-9-17)20-5-3-13-25-20/h5-11,14H,2-4,12-13H2,1H3,(H,22,24). The molecular weight excluding hydrogens is 328 g/mol. The molecule has 3 nitrogen and oxygen atoms in total. The number of nitrogens with one attached hydrogen (secondary N) is 1. The molecule has 0 aromatic heterocycles. The van der Waals surface area contributed by atoms with E-state index in [0.717, 1.165) is 30.8 Å². The van der Waals surface area contributed by atoms with Crippen LogP contribution in [0, 0.1) is 0 Å². The quantitative estimate of drug-likeness (QED) is 0.863. The van der Waals surface area contributed by atoms with Crippen molar-refractivity contribution in [1.29, 1.82) is 0 Å². The van der Waals surface area contributed by atoms with E-state index in [1.165, 1.54) is 28.1 Å². The van der Waals surface area contributed by atoms with Crippen LogP contribution in [0.15, 0.2) is 48.5 Å². The number of nitrogens with zero attached hydrogens (tertiary/aromatic N) is 1. The van der Waals surface area contributed by atoms with E-state index in [1.54, 1.807) is 0 Å². The van der Waals surface area contributed by atoms with E-state index in [2.05, 4.69) is 35.5 Å². The molecule has 1 N–H and O–H groups in total. The van der Waals surface area contributed by atoms with Gasteiger partial charge in [0.2, 0.25) is 0 Å². The minimum atomic E-state index is -0.0574. The Hall–Kier alpha value is -2.20. The molecule has 4 rings (SSSR count). The van der Waals surface area contributed by atoms with E-state index < -0.39 is 0 Å². The Morgan fingerprint density at radius 1 is 1.16 bits per heavy atom. The Morgan fingerprint density at radius 2 is 2.00 bits per heavy atom. The number of benzene rings is 2. The topological polar surface area (TPSA) is 32.3 Å². The summed E-state index contributed by atoms with van der Waals surface area (Å²) in [5.74, 6) is 1.10. The molecule has 0 aliphatic carbocycles. The zero-order chi connectivity index (χ0) is 17.2. The van der Waals surface area contributed by atoms with Gasteiger partial charge in [-0.2, -0.15) is 0 Å². The summed E-state index contributed by atoms with van der Waals surface area (Å²) in [4.78, 5) is 16.1. The fourth-order valence-corrected chi connectivity index (χ4v) is 4.44. The highest BCUT2D eigenvalue weighted by atomic mass is 32.2. The predicted octanol–water partition coefficient (Wildman–Crippen LogP) is 4.80. The molecule has 0 unspecified atom stereocenters. The molecule has 0 bridgehead atoms. The van der Waals surface area contributed by atoms with Crippen molar-refractivity contribution in [3.63, 3.8) is 0 Å². The molecule has 0 atom stereocenters. The number of hydrogen-bond acceptors (Lipinski definition) is 3. The Morgan fingerprint density at radius 3 is 2.76 bits per heavy atom. The van der Waals surface area contributed by atoms with Gasteiger partial charge < -0.3 is 10.2 Å². The van der Waals surface area contributed by atoms with Crippen LogP contribution in [0.5, 0.6) is 0 Å². The monoisotopic (exact) mass is 350 g/mol. The molecule has 2 aromatic rings. The van der Waals surface area contributed by atoms with E-state index in [4.69, 9.17) is 0 Å². The molecule has 128 valence electrons. The van der Waals surface area contributed by atoms with Crippen molar-refractivity contribution in [1.82, 2.24) is 0 Å². The first-order valence-electron chi connectivity index (χ1n) is 8.79. The number of hydrogen-bond donors (Lipinski definition) is 1. The summed E-state index contributed by atoms with van der Waals surface area (Å²) < 4.78 is 0. The minimum absolute atomic E-state index is 0.0574. The number of thioether (sulfide) groups is 1. The van der Waals surface area contributed by atoms with Crippen LogP contribution in [0.2, 0.25) is 0 Å². The highest BCUT2D eigenvalue weighted by Crippen LogP contribution is 2.34. The first kappa shape index (κ1) is 16.3. The first-order chi connectivity index (χ1) is 12.2. The molecule has 0 saturated carbocycles. The number of fused-ring (bicyclic) bond motifs is 1. The molecule has 2 aliphatic heterocycles. The molecule has 0 fully saturated rings. The molecule has 4 heteroatoms. The van der Waals surface area contributed by atoms with Crippen LogP contribution >= 0.6 is 11.8 Å². The summed E-state index contributed by atoms with van der Waals surface area (Å²) >= 11 is 1.88. The summed E-state index contributed by atoms with van der Waals surface area (Å²) in [5, 5.41) is 3.03. The van der Waals surface area contributed by atoms with Gasteiger partial charge in [-0.1, -0.05) is 24.3 Å². The van der Waals surface area contributed by atoms with Gasteiger partial charge in [0.1, 0.15) is 0 Å². The van der Waals surface area contributed by atoms with Gasteiger partial charge in [0.15, 0.2) is 0 Å². The predicted molar refractivity (Wildman–Crippen MR) is 107 cm³/mol. The van der Waals surface area contributed by atoms with Gasteiger partial charge in [0.05, 0.1) is 0 Å². The van der Waals surface area contributed by atoms with Crippen molar-refractivity contribution in [2.75, 3.05) is 29.6 Å². The third-order valence-electron chi connectivity index (χ3n) is 4.83. The number of carbonyl (C=O) groups is 1. The third-order valence-corrected chi connectivity index (χ3v) is 5.98. The van der Waals surface area contributed by atoms with Crippen LogP contribution < -0.4 is 10.2 Å². The normalized spacial score (nSPS) is 16.4. The second kappa shape index (κ2) is 6.96. The minimum Gasteiger partial charge on any atom is -0.374 e. The fourth-order valence-electron chi connectivity index (χ4n) is 3.44. The molecule has 0 spiro atoms. The molecule has 1 amide bonds. The van der Waals surface area contributed by atoms with Crippen LogP contribution in [-0.4, -0.2) is 25.3 Å². The van der Waals surface area contributed by atoms with E-state index >= 15 is 0 Å². The van der Waals surface area contributed by atoms with Crippen molar-refractivity contribution in [3.05, 3.63) is 65.2 Å². The lowest BCUT2D eigenvalue weighted by Gasteiger charge is -2.28. The SMILES string of the molecule is CN1CCCc2ccc(NC(=O)c3ccc(C4=CCCS4)cc3)cc21. The molecule has 2 heterocycles. The van der Waals surface area contributed by atoms with Crippen LogP contribution in [0.25, 0.3) is 4.91 Å². The fraction of sp³-hybridized carbons (Fsp3) is 0.286. The average molecular weight is 350 g/mol. The molecule has 0 radical (unpaired) electrons. The lowest BCUT2D eigenvalue weighted by molar-refractivity contribution is 0.102. The molecule has 2 aromatic carbocycles.